The van der Waals surface area contributed by atoms with Crippen LogP contribution in [0.15, 0.2) is 0 Å². The van der Waals surface area contributed by atoms with Crippen molar-refractivity contribution in [3.05, 3.63) is 0 Å². The number of likely N-dealkylation sites (N-methyl/N-ethyl adjacent to an activating group) is 1. The van der Waals surface area contributed by atoms with E-state index in [1.165, 1.54) is 45.1 Å². The number of hydrogen-bond donors (Lipinski definition) is 2. The standard InChI is InChI=1S/C14H28N2O/c1-16-8-4-7-13(16)10-15-11-14(17)9-12-5-2-3-6-12/h12-15,17H,2-11H2,1H3. The number of likely N-dealkylation sites (tertiary alicyclic amines) is 1. The molecule has 0 radical (unpaired) electrons. The van der Waals surface area contributed by atoms with Gasteiger partial charge in [-0.3, -0.25) is 0 Å². The quantitative estimate of drug-likeness (QED) is 0.740. The minimum atomic E-state index is -0.134. The Balaban J connectivity index is 1.54. The van der Waals surface area contributed by atoms with Gasteiger partial charge in [0, 0.05) is 19.1 Å². The first kappa shape index (κ1) is 13.3. The molecule has 3 heteroatoms. The third-order valence-corrected chi connectivity index (χ3v) is 4.51. The normalized spacial score (nSPS) is 28.9. The molecule has 1 saturated carbocycles. The third kappa shape index (κ3) is 4.23. The lowest BCUT2D eigenvalue weighted by molar-refractivity contribution is 0.138. The Morgan fingerprint density at radius 3 is 2.65 bits per heavy atom. The zero-order chi connectivity index (χ0) is 12.1. The Kier molecular flexibility index (Phi) is 5.26. The maximum absolute atomic E-state index is 9.97. The lowest BCUT2D eigenvalue weighted by Crippen LogP contribution is -2.38. The van der Waals surface area contributed by atoms with Crippen LogP contribution in [0.3, 0.4) is 0 Å². The molecular formula is C14H28N2O. The van der Waals surface area contributed by atoms with Gasteiger partial charge in [0.15, 0.2) is 0 Å². The Morgan fingerprint density at radius 2 is 2.00 bits per heavy atom. The molecule has 1 saturated heterocycles. The van der Waals surface area contributed by atoms with Crippen molar-refractivity contribution in [1.82, 2.24) is 10.2 Å². The van der Waals surface area contributed by atoms with Gasteiger partial charge < -0.3 is 15.3 Å². The maximum atomic E-state index is 9.97. The molecule has 2 N–H and O–H groups in total. The lowest BCUT2D eigenvalue weighted by Gasteiger charge is -2.21. The lowest BCUT2D eigenvalue weighted by atomic mass is 10.00. The number of nitrogens with zero attached hydrogens (tertiary/aromatic N) is 1. The van der Waals surface area contributed by atoms with Crippen molar-refractivity contribution < 1.29 is 5.11 Å². The summed E-state index contributed by atoms with van der Waals surface area (Å²) in [6, 6.07) is 0.689. The monoisotopic (exact) mass is 240 g/mol. The molecule has 0 spiro atoms. The van der Waals surface area contributed by atoms with E-state index in [0.29, 0.717) is 6.04 Å². The summed E-state index contributed by atoms with van der Waals surface area (Å²) in [5.74, 6) is 0.793. The molecule has 0 amide bonds. The van der Waals surface area contributed by atoms with Gasteiger partial charge in [0.1, 0.15) is 0 Å². The van der Waals surface area contributed by atoms with Gasteiger partial charge in [-0.1, -0.05) is 25.7 Å². The topological polar surface area (TPSA) is 35.5 Å². The largest absolute Gasteiger partial charge is 0.392 e. The molecule has 1 heterocycles. The van der Waals surface area contributed by atoms with Crippen molar-refractivity contribution in [3.63, 3.8) is 0 Å². The first-order chi connectivity index (χ1) is 8.25. The van der Waals surface area contributed by atoms with Gasteiger partial charge in [-0.2, -0.15) is 0 Å². The Bertz CT molecular complexity index is 216. The molecule has 3 nitrogen and oxygen atoms in total. The molecule has 2 rings (SSSR count). The first-order valence-electron chi connectivity index (χ1n) is 7.34. The zero-order valence-corrected chi connectivity index (χ0v) is 11.2. The zero-order valence-electron chi connectivity index (χ0n) is 11.2. The molecule has 100 valence electrons. The summed E-state index contributed by atoms with van der Waals surface area (Å²) >= 11 is 0. The molecule has 2 aliphatic rings. The smallest absolute Gasteiger partial charge is 0.0667 e. The van der Waals surface area contributed by atoms with E-state index in [2.05, 4.69) is 17.3 Å². The summed E-state index contributed by atoms with van der Waals surface area (Å²) in [6.07, 6.45) is 8.92. The number of aliphatic hydroxyl groups excluding tert-OH is 1. The predicted molar refractivity (Wildman–Crippen MR) is 71.1 cm³/mol. The Morgan fingerprint density at radius 1 is 1.24 bits per heavy atom. The van der Waals surface area contributed by atoms with E-state index in [0.717, 1.165) is 25.4 Å². The summed E-state index contributed by atoms with van der Waals surface area (Å²) in [6.45, 7) is 3.05. The highest BCUT2D eigenvalue weighted by atomic mass is 16.3. The number of nitrogens with one attached hydrogen (secondary N) is 1. The van der Waals surface area contributed by atoms with Gasteiger partial charge in [0.2, 0.25) is 0 Å². The SMILES string of the molecule is CN1CCCC1CNCC(O)CC1CCCC1. The van der Waals surface area contributed by atoms with Crippen LogP contribution in [0.4, 0.5) is 0 Å². The van der Waals surface area contributed by atoms with Gasteiger partial charge in [0.05, 0.1) is 6.10 Å². The van der Waals surface area contributed by atoms with Crippen LogP contribution in [0.2, 0.25) is 0 Å². The van der Waals surface area contributed by atoms with Crippen LogP contribution in [-0.2, 0) is 0 Å². The summed E-state index contributed by atoms with van der Waals surface area (Å²) < 4.78 is 0. The molecule has 2 atom stereocenters. The van der Waals surface area contributed by atoms with Crippen LogP contribution in [0.5, 0.6) is 0 Å². The van der Waals surface area contributed by atoms with Crippen LogP contribution in [0.25, 0.3) is 0 Å². The maximum Gasteiger partial charge on any atom is 0.0667 e. The van der Waals surface area contributed by atoms with E-state index in [1.807, 2.05) is 0 Å². The van der Waals surface area contributed by atoms with Crippen molar-refractivity contribution in [2.24, 2.45) is 5.92 Å². The molecule has 0 bridgehead atoms. The van der Waals surface area contributed by atoms with Crippen LogP contribution in [-0.4, -0.2) is 48.8 Å². The molecular weight excluding hydrogens is 212 g/mol. The van der Waals surface area contributed by atoms with E-state index in [4.69, 9.17) is 0 Å². The van der Waals surface area contributed by atoms with E-state index < -0.39 is 0 Å². The van der Waals surface area contributed by atoms with Crippen LogP contribution in [0, 0.1) is 5.92 Å². The van der Waals surface area contributed by atoms with Crippen LogP contribution in [0.1, 0.15) is 44.9 Å². The highest BCUT2D eigenvalue weighted by molar-refractivity contribution is 4.79. The second-order valence-corrected chi connectivity index (χ2v) is 5.97. The minimum absolute atomic E-state index is 0.134. The van der Waals surface area contributed by atoms with Crippen molar-refractivity contribution in [3.8, 4) is 0 Å². The number of rotatable bonds is 6. The van der Waals surface area contributed by atoms with Crippen LogP contribution >= 0.6 is 0 Å². The van der Waals surface area contributed by atoms with E-state index in [-0.39, 0.29) is 6.10 Å². The highest BCUT2D eigenvalue weighted by Crippen LogP contribution is 2.28. The molecule has 17 heavy (non-hydrogen) atoms. The summed E-state index contributed by atoms with van der Waals surface area (Å²) in [4.78, 5) is 2.43. The fourth-order valence-corrected chi connectivity index (χ4v) is 3.37. The van der Waals surface area contributed by atoms with Gasteiger partial charge >= 0.3 is 0 Å². The molecule has 1 aliphatic carbocycles. The second kappa shape index (κ2) is 6.72. The summed E-state index contributed by atoms with van der Waals surface area (Å²) in [7, 11) is 2.20. The van der Waals surface area contributed by atoms with E-state index >= 15 is 0 Å². The molecule has 0 aromatic carbocycles. The molecule has 0 aromatic rings. The molecule has 0 aromatic heterocycles. The van der Waals surface area contributed by atoms with E-state index in [1.54, 1.807) is 0 Å². The number of aliphatic hydroxyl groups is 1. The third-order valence-electron chi connectivity index (χ3n) is 4.51. The van der Waals surface area contributed by atoms with Crippen molar-refractivity contribution in [2.45, 2.75) is 57.1 Å². The summed E-state index contributed by atoms with van der Waals surface area (Å²) in [5.41, 5.74) is 0. The van der Waals surface area contributed by atoms with Gasteiger partial charge in [-0.05, 0) is 38.8 Å². The molecule has 2 unspecified atom stereocenters. The molecule has 2 fully saturated rings. The van der Waals surface area contributed by atoms with Crippen molar-refractivity contribution in [1.29, 1.82) is 0 Å². The predicted octanol–water partition coefficient (Wildman–Crippen LogP) is 1.61. The second-order valence-electron chi connectivity index (χ2n) is 5.97. The minimum Gasteiger partial charge on any atom is -0.392 e. The van der Waals surface area contributed by atoms with Crippen LogP contribution < -0.4 is 5.32 Å². The fraction of sp³-hybridized carbons (Fsp3) is 1.00. The van der Waals surface area contributed by atoms with Crippen molar-refractivity contribution >= 4 is 0 Å². The molecule has 1 aliphatic heterocycles. The van der Waals surface area contributed by atoms with E-state index in [9.17, 15) is 5.11 Å². The summed E-state index contributed by atoms with van der Waals surface area (Å²) in [5, 5.41) is 13.4. The average Bonchev–Trinajstić information content (AvgIpc) is 2.91. The van der Waals surface area contributed by atoms with Gasteiger partial charge in [0.25, 0.3) is 0 Å². The van der Waals surface area contributed by atoms with Gasteiger partial charge in [-0.15, -0.1) is 0 Å². The number of hydrogen-bond acceptors (Lipinski definition) is 3. The fourth-order valence-electron chi connectivity index (χ4n) is 3.37. The van der Waals surface area contributed by atoms with Gasteiger partial charge in [-0.25, -0.2) is 0 Å². The average molecular weight is 240 g/mol. The Labute approximate surface area is 106 Å². The Hall–Kier alpha value is -0.120. The first-order valence-corrected chi connectivity index (χ1v) is 7.34. The highest BCUT2D eigenvalue weighted by Gasteiger charge is 2.21. The van der Waals surface area contributed by atoms with Crippen molar-refractivity contribution in [2.75, 3.05) is 26.7 Å².